The van der Waals surface area contributed by atoms with Crippen LogP contribution in [0.4, 0.5) is 13.2 Å². The smallest absolute Gasteiger partial charge is 0.254 e. The van der Waals surface area contributed by atoms with Crippen LogP contribution in [0.25, 0.3) is 0 Å². The third kappa shape index (κ3) is 2.95. The highest BCUT2D eigenvalue weighted by Crippen LogP contribution is 2.31. The van der Waals surface area contributed by atoms with Crippen molar-refractivity contribution in [1.29, 1.82) is 0 Å². The molecule has 21 heavy (non-hydrogen) atoms. The maximum absolute atomic E-state index is 13.3. The molecule has 1 amide bonds. The molecule has 0 unspecified atom stereocenters. The summed E-state index contributed by atoms with van der Waals surface area (Å²) < 4.78 is 39.5. The largest absolute Gasteiger partial charge is 0.331 e. The Kier molecular flexibility index (Phi) is 3.71. The number of hydrogen-bond donors (Lipinski definition) is 0. The Bertz CT molecular complexity index is 645. The summed E-state index contributed by atoms with van der Waals surface area (Å²) in [4.78, 5) is 15.0. The third-order valence-electron chi connectivity index (χ3n) is 3.39. The molecular weight excluding hydrogens is 299 g/mol. The van der Waals surface area contributed by atoms with Gasteiger partial charge in [0.05, 0.1) is 6.54 Å². The first-order valence-electron chi connectivity index (χ1n) is 6.54. The highest BCUT2D eigenvalue weighted by atomic mass is 32.1. The van der Waals surface area contributed by atoms with Crippen molar-refractivity contribution in [3.05, 3.63) is 57.5 Å². The maximum Gasteiger partial charge on any atom is 0.254 e. The molecule has 1 aliphatic rings. The zero-order valence-electron chi connectivity index (χ0n) is 11.0. The van der Waals surface area contributed by atoms with Crippen LogP contribution in [0.2, 0.25) is 0 Å². The minimum absolute atomic E-state index is 0.0933. The normalized spacial score (nSPS) is 14.2. The SMILES string of the molecule is O=C(c1cc(F)c(F)c(F)c1)N(Cc1cccs1)C1CC1. The maximum atomic E-state index is 13.3. The molecule has 1 heterocycles. The molecule has 1 aromatic carbocycles. The molecule has 0 N–H and O–H groups in total. The van der Waals surface area contributed by atoms with Gasteiger partial charge in [-0.15, -0.1) is 11.3 Å². The summed E-state index contributed by atoms with van der Waals surface area (Å²) in [5.74, 6) is -4.71. The summed E-state index contributed by atoms with van der Waals surface area (Å²) in [6.45, 7) is 0.405. The second-order valence-corrected chi connectivity index (χ2v) is 6.03. The molecule has 1 fully saturated rings. The van der Waals surface area contributed by atoms with E-state index < -0.39 is 23.4 Å². The van der Waals surface area contributed by atoms with Crippen LogP contribution < -0.4 is 0 Å². The molecule has 1 saturated carbocycles. The van der Waals surface area contributed by atoms with Gasteiger partial charge < -0.3 is 4.90 Å². The second-order valence-electron chi connectivity index (χ2n) is 5.00. The molecule has 0 spiro atoms. The van der Waals surface area contributed by atoms with E-state index in [1.807, 2.05) is 17.5 Å². The average molecular weight is 311 g/mol. The first-order valence-corrected chi connectivity index (χ1v) is 7.42. The molecule has 0 saturated heterocycles. The van der Waals surface area contributed by atoms with Crippen LogP contribution in [0.3, 0.4) is 0 Å². The molecule has 1 aromatic heterocycles. The summed E-state index contributed by atoms with van der Waals surface area (Å²) in [5, 5.41) is 1.90. The Labute approximate surface area is 123 Å². The lowest BCUT2D eigenvalue weighted by molar-refractivity contribution is 0.0730. The number of hydrogen-bond acceptors (Lipinski definition) is 2. The lowest BCUT2D eigenvalue weighted by atomic mass is 10.1. The molecule has 3 rings (SSSR count). The van der Waals surface area contributed by atoms with Crippen molar-refractivity contribution in [2.24, 2.45) is 0 Å². The first kappa shape index (κ1) is 14.1. The fraction of sp³-hybridized carbons (Fsp3) is 0.267. The van der Waals surface area contributed by atoms with E-state index in [2.05, 4.69) is 0 Å². The van der Waals surface area contributed by atoms with E-state index in [0.29, 0.717) is 6.54 Å². The van der Waals surface area contributed by atoms with Gasteiger partial charge in [-0.05, 0) is 36.4 Å². The number of benzene rings is 1. The van der Waals surface area contributed by atoms with Crippen molar-refractivity contribution >= 4 is 17.2 Å². The Hall–Kier alpha value is -1.82. The van der Waals surface area contributed by atoms with E-state index in [9.17, 15) is 18.0 Å². The molecule has 6 heteroatoms. The van der Waals surface area contributed by atoms with Gasteiger partial charge in [0, 0.05) is 16.5 Å². The number of halogens is 3. The summed E-state index contributed by atoms with van der Waals surface area (Å²) >= 11 is 1.52. The van der Waals surface area contributed by atoms with E-state index in [-0.39, 0.29) is 11.6 Å². The lowest BCUT2D eigenvalue weighted by Gasteiger charge is -2.22. The summed E-state index contributed by atoms with van der Waals surface area (Å²) in [5.41, 5.74) is -0.158. The van der Waals surface area contributed by atoms with Gasteiger partial charge in [-0.3, -0.25) is 4.79 Å². The Balaban J connectivity index is 1.87. The molecule has 0 aliphatic heterocycles. The summed E-state index contributed by atoms with van der Waals surface area (Å²) in [6.07, 6.45) is 1.76. The highest BCUT2D eigenvalue weighted by molar-refractivity contribution is 7.09. The molecule has 0 atom stereocenters. The minimum atomic E-state index is -1.55. The predicted octanol–water partition coefficient (Wildman–Crippen LogP) is 3.97. The van der Waals surface area contributed by atoms with E-state index in [1.54, 1.807) is 4.90 Å². The zero-order chi connectivity index (χ0) is 15.0. The van der Waals surface area contributed by atoms with Crippen LogP contribution >= 0.6 is 11.3 Å². The molecule has 2 aromatic rings. The van der Waals surface area contributed by atoms with Crippen molar-refractivity contribution in [1.82, 2.24) is 4.90 Å². The highest BCUT2D eigenvalue weighted by Gasteiger charge is 2.33. The van der Waals surface area contributed by atoms with Crippen molar-refractivity contribution < 1.29 is 18.0 Å². The van der Waals surface area contributed by atoms with Crippen molar-refractivity contribution in [3.63, 3.8) is 0 Å². The molecular formula is C15H12F3NOS. The van der Waals surface area contributed by atoms with E-state index >= 15 is 0 Å². The van der Waals surface area contributed by atoms with Gasteiger partial charge in [0.2, 0.25) is 0 Å². The van der Waals surface area contributed by atoms with Crippen molar-refractivity contribution in [2.45, 2.75) is 25.4 Å². The standard InChI is InChI=1S/C15H12F3NOS/c16-12-6-9(7-13(17)14(12)18)15(20)19(10-3-4-10)8-11-2-1-5-21-11/h1-2,5-7,10H,3-4,8H2. The topological polar surface area (TPSA) is 20.3 Å². The van der Waals surface area contributed by atoms with Gasteiger partial charge in [0.25, 0.3) is 5.91 Å². The van der Waals surface area contributed by atoms with Crippen LogP contribution in [0.5, 0.6) is 0 Å². The summed E-state index contributed by atoms with van der Waals surface area (Å²) in [6, 6.07) is 5.39. The molecule has 2 nitrogen and oxygen atoms in total. The van der Waals surface area contributed by atoms with Crippen LogP contribution in [-0.2, 0) is 6.54 Å². The fourth-order valence-electron chi connectivity index (χ4n) is 2.17. The van der Waals surface area contributed by atoms with Crippen LogP contribution in [0.1, 0.15) is 28.1 Å². The van der Waals surface area contributed by atoms with Gasteiger partial charge >= 0.3 is 0 Å². The minimum Gasteiger partial charge on any atom is -0.331 e. The van der Waals surface area contributed by atoms with E-state index in [0.717, 1.165) is 29.9 Å². The van der Waals surface area contributed by atoms with Gasteiger partial charge in [-0.25, -0.2) is 13.2 Å². The second kappa shape index (κ2) is 5.52. The van der Waals surface area contributed by atoms with E-state index in [1.165, 1.54) is 11.3 Å². The number of carbonyl (C=O) groups excluding carboxylic acids is 1. The molecule has 110 valence electrons. The molecule has 0 bridgehead atoms. The van der Waals surface area contributed by atoms with Crippen molar-refractivity contribution in [2.75, 3.05) is 0 Å². The number of thiophene rings is 1. The summed E-state index contributed by atoms with van der Waals surface area (Å²) in [7, 11) is 0. The Morgan fingerprint density at radius 3 is 2.43 bits per heavy atom. The number of carbonyl (C=O) groups is 1. The molecule has 0 radical (unpaired) electrons. The number of amides is 1. The Morgan fingerprint density at radius 2 is 1.90 bits per heavy atom. The number of nitrogens with zero attached hydrogens (tertiary/aromatic N) is 1. The van der Waals surface area contributed by atoms with Gasteiger partial charge in [-0.2, -0.15) is 0 Å². The third-order valence-corrected chi connectivity index (χ3v) is 4.25. The fourth-order valence-corrected chi connectivity index (χ4v) is 2.87. The van der Waals surface area contributed by atoms with Crippen molar-refractivity contribution in [3.8, 4) is 0 Å². The number of rotatable bonds is 4. The average Bonchev–Trinajstić information content (AvgIpc) is 3.17. The van der Waals surface area contributed by atoms with Crippen LogP contribution in [0, 0.1) is 17.5 Å². The van der Waals surface area contributed by atoms with Crippen LogP contribution in [-0.4, -0.2) is 16.8 Å². The van der Waals surface area contributed by atoms with E-state index in [4.69, 9.17) is 0 Å². The van der Waals surface area contributed by atoms with Crippen LogP contribution in [0.15, 0.2) is 29.6 Å². The Morgan fingerprint density at radius 1 is 1.24 bits per heavy atom. The van der Waals surface area contributed by atoms with Gasteiger partial charge in [0.15, 0.2) is 17.5 Å². The monoisotopic (exact) mass is 311 g/mol. The lowest BCUT2D eigenvalue weighted by Crippen LogP contribution is -2.32. The zero-order valence-corrected chi connectivity index (χ0v) is 11.8. The van der Waals surface area contributed by atoms with Gasteiger partial charge in [-0.1, -0.05) is 6.07 Å². The first-order chi connectivity index (χ1) is 10.1. The molecule has 1 aliphatic carbocycles. The quantitative estimate of drug-likeness (QED) is 0.782. The van der Waals surface area contributed by atoms with Gasteiger partial charge in [0.1, 0.15) is 0 Å². The predicted molar refractivity (Wildman–Crippen MR) is 73.5 cm³/mol.